The molecule has 0 radical (unpaired) electrons. The number of esters is 1. The molecule has 0 aliphatic heterocycles. The van der Waals surface area contributed by atoms with Crippen LogP contribution in [0.1, 0.15) is 21.5 Å². The fraction of sp³-hybridized carbons (Fsp3) is 0.176. The standard InChI is InChI=1S/C17H16N2O5/c1-11-8-9-14(19(22)23)16(12(11)2)18-15(20)10-24-17(21)13-6-4-3-5-7-13/h3-9H,10H2,1-2H3,(H,18,20). The number of carbonyl (C=O) groups excluding carboxylic acids is 2. The van der Waals surface area contributed by atoms with Crippen molar-refractivity contribution in [3.63, 3.8) is 0 Å². The summed E-state index contributed by atoms with van der Waals surface area (Å²) in [6, 6.07) is 11.2. The largest absolute Gasteiger partial charge is 0.452 e. The first kappa shape index (κ1) is 17.1. The van der Waals surface area contributed by atoms with E-state index in [4.69, 9.17) is 4.74 Å². The van der Waals surface area contributed by atoms with E-state index in [-0.39, 0.29) is 11.4 Å². The number of benzene rings is 2. The van der Waals surface area contributed by atoms with Crippen LogP contribution in [0.2, 0.25) is 0 Å². The fourth-order valence-electron chi connectivity index (χ4n) is 2.08. The molecule has 0 atom stereocenters. The van der Waals surface area contributed by atoms with E-state index >= 15 is 0 Å². The lowest BCUT2D eigenvalue weighted by atomic mass is 10.1. The summed E-state index contributed by atoms with van der Waals surface area (Å²) in [5, 5.41) is 13.5. The molecule has 7 nitrogen and oxygen atoms in total. The highest BCUT2D eigenvalue weighted by Crippen LogP contribution is 2.30. The monoisotopic (exact) mass is 328 g/mol. The van der Waals surface area contributed by atoms with E-state index in [0.717, 1.165) is 5.56 Å². The normalized spacial score (nSPS) is 10.1. The Morgan fingerprint density at radius 2 is 1.79 bits per heavy atom. The van der Waals surface area contributed by atoms with Gasteiger partial charge in [-0.25, -0.2) is 4.79 Å². The summed E-state index contributed by atoms with van der Waals surface area (Å²) in [4.78, 5) is 34.3. The summed E-state index contributed by atoms with van der Waals surface area (Å²) in [6.45, 7) is 2.93. The highest BCUT2D eigenvalue weighted by molar-refractivity contribution is 5.97. The minimum atomic E-state index is -0.643. The number of nitro benzene ring substituents is 1. The second-order valence-electron chi connectivity index (χ2n) is 5.15. The number of hydrogen-bond donors (Lipinski definition) is 1. The third-order valence-electron chi connectivity index (χ3n) is 3.52. The molecule has 0 aromatic heterocycles. The van der Waals surface area contributed by atoms with Gasteiger partial charge in [0.25, 0.3) is 11.6 Å². The molecule has 0 saturated carbocycles. The van der Waals surface area contributed by atoms with E-state index in [2.05, 4.69) is 5.32 Å². The molecule has 0 aliphatic carbocycles. The summed E-state index contributed by atoms with van der Waals surface area (Å²) < 4.78 is 4.91. The lowest BCUT2D eigenvalue weighted by molar-refractivity contribution is -0.384. The lowest BCUT2D eigenvalue weighted by Crippen LogP contribution is -2.22. The van der Waals surface area contributed by atoms with Gasteiger partial charge < -0.3 is 10.1 Å². The molecule has 2 aromatic rings. The SMILES string of the molecule is Cc1ccc([N+](=O)[O-])c(NC(=O)COC(=O)c2ccccc2)c1C. The molecule has 1 N–H and O–H groups in total. The summed E-state index contributed by atoms with van der Waals surface area (Å²) in [5.74, 6) is -1.28. The quantitative estimate of drug-likeness (QED) is 0.517. The Balaban J connectivity index is 2.07. The topological polar surface area (TPSA) is 98.5 Å². The number of nitrogens with one attached hydrogen (secondary N) is 1. The van der Waals surface area contributed by atoms with Crippen molar-refractivity contribution in [3.05, 3.63) is 69.3 Å². The average Bonchev–Trinajstić information content (AvgIpc) is 2.57. The van der Waals surface area contributed by atoms with Gasteiger partial charge in [0.2, 0.25) is 0 Å². The van der Waals surface area contributed by atoms with Crippen molar-refractivity contribution in [3.8, 4) is 0 Å². The Kier molecular flexibility index (Phi) is 5.26. The van der Waals surface area contributed by atoms with Gasteiger partial charge in [0, 0.05) is 6.07 Å². The first-order valence-electron chi connectivity index (χ1n) is 7.16. The number of anilines is 1. The molecule has 0 aliphatic rings. The molecule has 124 valence electrons. The van der Waals surface area contributed by atoms with Crippen molar-refractivity contribution in [1.29, 1.82) is 0 Å². The van der Waals surface area contributed by atoms with Crippen molar-refractivity contribution in [2.75, 3.05) is 11.9 Å². The predicted molar refractivity (Wildman–Crippen MR) is 87.9 cm³/mol. The lowest BCUT2D eigenvalue weighted by Gasteiger charge is -2.11. The zero-order valence-corrected chi connectivity index (χ0v) is 13.2. The number of hydrogen-bond acceptors (Lipinski definition) is 5. The highest BCUT2D eigenvalue weighted by Gasteiger charge is 2.20. The van der Waals surface area contributed by atoms with E-state index in [1.54, 1.807) is 50.2 Å². The number of carbonyl (C=O) groups is 2. The van der Waals surface area contributed by atoms with Gasteiger partial charge in [-0.05, 0) is 37.1 Å². The predicted octanol–water partition coefficient (Wildman–Crippen LogP) is 3.01. The van der Waals surface area contributed by atoms with Gasteiger partial charge in [0.05, 0.1) is 10.5 Å². The zero-order chi connectivity index (χ0) is 17.7. The minimum absolute atomic E-state index is 0.112. The van der Waals surface area contributed by atoms with Crippen molar-refractivity contribution >= 4 is 23.3 Å². The smallest absolute Gasteiger partial charge is 0.338 e. The molecule has 1 amide bonds. The Hall–Kier alpha value is -3.22. The van der Waals surface area contributed by atoms with Gasteiger partial charge >= 0.3 is 5.97 Å². The van der Waals surface area contributed by atoms with Crippen LogP contribution in [0.25, 0.3) is 0 Å². The summed E-state index contributed by atoms with van der Waals surface area (Å²) in [5.41, 5.74) is 1.62. The van der Waals surface area contributed by atoms with Gasteiger partial charge in [0.1, 0.15) is 5.69 Å². The van der Waals surface area contributed by atoms with Gasteiger partial charge in [-0.3, -0.25) is 14.9 Å². The summed E-state index contributed by atoms with van der Waals surface area (Å²) in [6.07, 6.45) is 0. The first-order valence-corrected chi connectivity index (χ1v) is 7.16. The molecule has 0 heterocycles. The number of nitro groups is 1. The fourth-order valence-corrected chi connectivity index (χ4v) is 2.08. The second kappa shape index (κ2) is 7.36. The maximum absolute atomic E-state index is 12.0. The van der Waals surface area contributed by atoms with Gasteiger partial charge in [-0.15, -0.1) is 0 Å². The van der Waals surface area contributed by atoms with Crippen molar-refractivity contribution in [2.45, 2.75) is 13.8 Å². The average molecular weight is 328 g/mol. The third kappa shape index (κ3) is 3.95. The van der Waals surface area contributed by atoms with Crippen LogP contribution in [0, 0.1) is 24.0 Å². The number of amides is 1. The van der Waals surface area contributed by atoms with Gasteiger partial charge in [-0.2, -0.15) is 0 Å². The molecule has 24 heavy (non-hydrogen) atoms. The molecule has 0 spiro atoms. The van der Waals surface area contributed by atoms with Crippen LogP contribution in [-0.2, 0) is 9.53 Å². The highest BCUT2D eigenvalue weighted by atomic mass is 16.6. The molecule has 7 heteroatoms. The maximum atomic E-state index is 12.0. The molecule has 0 saturated heterocycles. The second-order valence-corrected chi connectivity index (χ2v) is 5.15. The Morgan fingerprint density at radius 1 is 1.12 bits per heavy atom. The minimum Gasteiger partial charge on any atom is -0.452 e. The van der Waals surface area contributed by atoms with E-state index in [1.807, 2.05) is 0 Å². The zero-order valence-electron chi connectivity index (χ0n) is 13.2. The number of rotatable bonds is 5. The van der Waals surface area contributed by atoms with E-state index in [0.29, 0.717) is 11.1 Å². The number of aryl methyl sites for hydroxylation is 1. The first-order chi connectivity index (χ1) is 11.4. The molecule has 0 unspecified atom stereocenters. The van der Waals surface area contributed by atoms with E-state index in [9.17, 15) is 19.7 Å². The van der Waals surface area contributed by atoms with Crippen molar-refractivity contribution in [2.24, 2.45) is 0 Å². The van der Waals surface area contributed by atoms with E-state index in [1.165, 1.54) is 6.07 Å². The molecule has 0 bridgehead atoms. The Morgan fingerprint density at radius 3 is 2.42 bits per heavy atom. The molecular weight excluding hydrogens is 312 g/mol. The number of nitrogens with zero attached hydrogens (tertiary/aromatic N) is 1. The molecular formula is C17H16N2O5. The van der Waals surface area contributed by atoms with Crippen LogP contribution in [0.3, 0.4) is 0 Å². The molecule has 2 rings (SSSR count). The van der Waals surface area contributed by atoms with Gasteiger partial charge in [0.15, 0.2) is 6.61 Å². The molecule has 2 aromatic carbocycles. The van der Waals surface area contributed by atoms with Crippen LogP contribution in [0.5, 0.6) is 0 Å². The summed E-state index contributed by atoms with van der Waals surface area (Å²) in [7, 11) is 0. The molecule has 0 fully saturated rings. The van der Waals surface area contributed by atoms with E-state index < -0.39 is 23.4 Å². The Bertz CT molecular complexity index is 787. The number of ether oxygens (including phenoxy) is 1. The van der Waals surface area contributed by atoms with Crippen LogP contribution < -0.4 is 5.32 Å². The van der Waals surface area contributed by atoms with Crippen molar-refractivity contribution < 1.29 is 19.2 Å². The Labute approximate surface area is 138 Å². The van der Waals surface area contributed by atoms with Gasteiger partial charge in [-0.1, -0.05) is 24.3 Å². The summed E-state index contributed by atoms with van der Waals surface area (Å²) >= 11 is 0. The van der Waals surface area contributed by atoms with Crippen LogP contribution in [-0.4, -0.2) is 23.4 Å². The maximum Gasteiger partial charge on any atom is 0.338 e. The third-order valence-corrected chi connectivity index (χ3v) is 3.52. The van der Waals surface area contributed by atoms with Crippen LogP contribution in [0.15, 0.2) is 42.5 Å². The van der Waals surface area contributed by atoms with Crippen molar-refractivity contribution in [1.82, 2.24) is 0 Å². The van der Waals surface area contributed by atoms with Crippen LogP contribution >= 0.6 is 0 Å². The van der Waals surface area contributed by atoms with Crippen LogP contribution in [0.4, 0.5) is 11.4 Å².